The van der Waals surface area contributed by atoms with E-state index in [-0.39, 0.29) is 0 Å². The van der Waals surface area contributed by atoms with Gasteiger partial charge in [-0.1, -0.05) is 62.9 Å². The molecule has 0 heterocycles. The Balaban J connectivity index is 0.000000541. The summed E-state index contributed by atoms with van der Waals surface area (Å²) in [6.07, 6.45) is 10.2. The summed E-state index contributed by atoms with van der Waals surface area (Å²) in [6.45, 7) is 15.8. The molecule has 0 aliphatic carbocycles. The van der Waals surface area contributed by atoms with Gasteiger partial charge in [-0.15, -0.1) is 0 Å². The smallest absolute Gasteiger partial charge is 0.149 e. The second-order valence-corrected chi connectivity index (χ2v) is 5.80. The van der Waals surface area contributed by atoms with Crippen molar-refractivity contribution in [2.24, 2.45) is 0 Å². The van der Waals surface area contributed by atoms with Crippen LogP contribution in [-0.2, 0) is 11.3 Å². The van der Waals surface area contributed by atoms with E-state index in [1.165, 1.54) is 11.1 Å². The van der Waals surface area contributed by atoms with Crippen molar-refractivity contribution in [3.05, 3.63) is 90.7 Å². The van der Waals surface area contributed by atoms with Gasteiger partial charge in [0, 0.05) is 30.5 Å². The molecule has 0 saturated heterocycles. The SMILES string of the molecule is C=C(C=O)/C=C(\C)CCC.C=C/C=C(\C=C)NCc1ccc(NC)cc1. The van der Waals surface area contributed by atoms with Crippen LogP contribution in [0.2, 0.25) is 0 Å². The van der Waals surface area contributed by atoms with E-state index in [1.807, 2.05) is 26.1 Å². The molecular weight excluding hydrogens is 320 g/mol. The largest absolute Gasteiger partial charge is 0.388 e. The molecule has 0 aliphatic heterocycles. The number of benzene rings is 1. The highest BCUT2D eigenvalue weighted by Crippen LogP contribution is 2.08. The molecule has 1 rings (SSSR count). The summed E-state index contributed by atoms with van der Waals surface area (Å²) in [7, 11) is 1.91. The highest BCUT2D eigenvalue weighted by atomic mass is 16.1. The zero-order valence-electron chi connectivity index (χ0n) is 16.3. The maximum atomic E-state index is 10.1. The summed E-state index contributed by atoms with van der Waals surface area (Å²) in [4.78, 5) is 10.1. The van der Waals surface area contributed by atoms with Crippen molar-refractivity contribution in [2.45, 2.75) is 33.2 Å². The number of hydrogen-bond acceptors (Lipinski definition) is 3. The van der Waals surface area contributed by atoms with Crippen molar-refractivity contribution < 1.29 is 4.79 Å². The highest BCUT2D eigenvalue weighted by molar-refractivity contribution is 5.76. The molecule has 0 spiro atoms. The maximum absolute atomic E-state index is 10.1. The predicted molar refractivity (Wildman–Crippen MR) is 115 cm³/mol. The van der Waals surface area contributed by atoms with E-state index in [2.05, 4.69) is 61.6 Å². The number of hydrogen-bond donors (Lipinski definition) is 2. The van der Waals surface area contributed by atoms with Crippen LogP contribution in [0.25, 0.3) is 0 Å². The molecule has 0 bridgehead atoms. The van der Waals surface area contributed by atoms with Gasteiger partial charge in [0.1, 0.15) is 6.29 Å². The lowest BCUT2D eigenvalue weighted by atomic mass is 10.1. The second kappa shape index (κ2) is 14.5. The van der Waals surface area contributed by atoms with E-state index in [9.17, 15) is 4.79 Å². The van der Waals surface area contributed by atoms with E-state index in [0.717, 1.165) is 37.1 Å². The third-order valence-electron chi connectivity index (χ3n) is 3.48. The summed E-state index contributed by atoms with van der Waals surface area (Å²) in [5.41, 5.74) is 5.11. The number of carbonyl (C=O) groups is 1. The van der Waals surface area contributed by atoms with E-state index in [0.29, 0.717) is 5.57 Å². The van der Waals surface area contributed by atoms with Gasteiger partial charge in [-0.25, -0.2) is 0 Å². The van der Waals surface area contributed by atoms with E-state index in [4.69, 9.17) is 0 Å². The minimum Gasteiger partial charge on any atom is -0.388 e. The summed E-state index contributed by atoms with van der Waals surface area (Å²) in [5.74, 6) is 0. The Kier molecular flexibility index (Phi) is 13.0. The average Bonchev–Trinajstić information content (AvgIpc) is 2.66. The average molecular weight is 353 g/mol. The first-order valence-electron chi connectivity index (χ1n) is 8.77. The quantitative estimate of drug-likeness (QED) is 0.329. The topological polar surface area (TPSA) is 41.1 Å². The monoisotopic (exact) mass is 352 g/mol. The molecule has 0 aromatic heterocycles. The molecule has 26 heavy (non-hydrogen) atoms. The summed E-state index contributed by atoms with van der Waals surface area (Å²) < 4.78 is 0. The van der Waals surface area contributed by atoms with Gasteiger partial charge in [0.05, 0.1) is 0 Å². The van der Waals surface area contributed by atoms with Crippen LogP contribution in [0.15, 0.2) is 85.1 Å². The van der Waals surface area contributed by atoms with Crippen molar-refractivity contribution in [1.82, 2.24) is 5.32 Å². The summed E-state index contributed by atoms with van der Waals surface area (Å²) in [5, 5.41) is 6.36. The molecular formula is C23H32N2O. The van der Waals surface area contributed by atoms with Gasteiger partial charge in [-0.2, -0.15) is 0 Å². The minimum absolute atomic E-state index is 0.561. The molecule has 0 amide bonds. The van der Waals surface area contributed by atoms with Gasteiger partial charge in [-0.05, 0) is 43.2 Å². The number of allylic oxidation sites excluding steroid dienone is 6. The molecule has 0 atom stereocenters. The minimum atomic E-state index is 0.561. The Morgan fingerprint density at radius 2 is 1.85 bits per heavy atom. The van der Waals surface area contributed by atoms with E-state index < -0.39 is 0 Å². The predicted octanol–water partition coefficient (Wildman–Crippen LogP) is 5.56. The lowest BCUT2D eigenvalue weighted by Crippen LogP contribution is -2.10. The van der Waals surface area contributed by atoms with Crippen LogP contribution < -0.4 is 10.6 Å². The first kappa shape index (κ1) is 23.2. The Labute approximate surface area is 158 Å². The van der Waals surface area contributed by atoms with Crippen molar-refractivity contribution in [3.63, 3.8) is 0 Å². The Bertz CT molecular complexity index is 637. The van der Waals surface area contributed by atoms with E-state index in [1.54, 1.807) is 12.2 Å². The lowest BCUT2D eigenvalue weighted by Gasteiger charge is -2.07. The van der Waals surface area contributed by atoms with Crippen LogP contribution in [0.5, 0.6) is 0 Å². The molecule has 0 saturated carbocycles. The Morgan fingerprint density at radius 3 is 2.31 bits per heavy atom. The first-order valence-corrected chi connectivity index (χ1v) is 8.77. The molecule has 0 aliphatic rings. The van der Waals surface area contributed by atoms with Crippen LogP contribution in [0.3, 0.4) is 0 Å². The first-order chi connectivity index (χ1) is 12.5. The van der Waals surface area contributed by atoms with Crippen LogP contribution in [0.4, 0.5) is 5.69 Å². The van der Waals surface area contributed by atoms with Crippen LogP contribution >= 0.6 is 0 Å². The molecule has 0 fully saturated rings. The third-order valence-corrected chi connectivity index (χ3v) is 3.48. The number of carbonyl (C=O) groups excluding carboxylic acids is 1. The fraction of sp³-hybridized carbons (Fsp3) is 0.261. The maximum Gasteiger partial charge on any atom is 0.149 e. The van der Waals surface area contributed by atoms with Gasteiger partial charge in [0.25, 0.3) is 0 Å². The zero-order valence-corrected chi connectivity index (χ0v) is 16.3. The number of nitrogens with one attached hydrogen (secondary N) is 2. The molecule has 3 heteroatoms. The molecule has 1 aromatic rings. The molecule has 140 valence electrons. The third kappa shape index (κ3) is 10.9. The van der Waals surface area contributed by atoms with Crippen LogP contribution in [0.1, 0.15) is 32.3 Å². The fourth-order valence-corrected chi connectivity index (χ4v) is 2.14. The van der Waals surface area contributed by atoms with E-state index >= 15 is 0 Å². The van der Waals surface area contributed by atoms with Gasteiger partial charge >= 0.3 is 0 Å². The number of rotatable bonds is 10. The highest BCUT2D eigenvalue weighted by Gasteiger charge is 1.94. The fourth-order valence-electron chi connectivity index (χ4n) is 2.14. The van der Waals surface area contributed by atoms with Crippen LogP contribution in [-0.4, -0.2) is 13.3 Å². The zero-order chi connectivity index (χ0) is 19.8. The molecule has 0 unspecified atom stereocenters. The normalized spacial score (nSPS) is 10.9. The number of aldehydes is 1. The van der Waals surface area contributed by atoms with Gasteiger partial charge in [-0.3, -0.25) is 4.79 Å². The molecule has 0 radical (unpaired) electrons. The van der Waals surface area contributed by atoms with Crippen molar-refractivity contribution in [2.75, 3.05) is 12.4 Å². The Morgan fingerprint density at radius 1 is 1.19 bits per heavy atom. The molecule has 3 nitrogen and oxygen atoms in total. The standard InChI is InChI=1S/C14H18N2.C9H14O/c1-4-6-13(5-2)16-11-12-7-9-14(15-3)10-8-12;1-4-5-8(2)6-9(3)7-10/h4-10,15-16H,1-2,11H2,3H3;6-7H,3-5H2,1-2H3/b13-6+;8-6+. The molecule has 2 N–H and O–H groups in total. The van der Waals surface area contributed by atoms with Crippen molar-refractivity contribution in [3.8, 4) is 0 Å². The van der Waals surface area contributed by atoms with Crippen molar-refractivity contribution >= 4 is 12.0 Å². The summed E-state index contributed by atoms with van der Waals surface area (Å²) in [6, 6.07) is 8.30. The van der Waals surface area contributed by atoms with Gasteiger partial charge < -0.3 is 10.6 Å². The van der Waals surface area contributed by atoms with Gasteiger partial charge in [0.2, 0.25) is 0 Å². The van der Waals surface area contributed by atoms with Crippen LogP contribution in [0, 0.1) is 0 Å². The lowest BCUT2D eigenvalue weighted by molar-refractivity contribution is -0.104. The van der Waals surface area contributed by atoms with Crippen molar-refractivity contribution in [1.29, 1.82) is 0 Å². The number of anilines is 1. The summed E-state index contributed by atoms with van der Waals surface area (Å²) >= 11 is 0. The Hall–Kier alpha value is -2.81. The van der Waals surface area contributed by atoms with Gasteiger partial charge in [0.15, 0.2) is 0 Å². The molecule has 1 aromatic carbocycles. The second-order valence-electron chi connectivity index (χ2n) is 5.80.